The number of hydrogen-bond acceptors (Lipinski definition) is 7. The van der Waals surface area contributed by atoms with E-state index >= 15 is 0 Å². The summed E-state index contributed by atoms with van der Waals surface area (Å²) in [5.74, 6) is -2.27. The van der Waals surface area contributed by atoms with Gasteiger partial charge in [-0.3, -0.25) is 0 Å². The Morgan fingerprint density at radius 3 is 2.00 bits per heavy atom. The summed E-state index contributed by atoms with van der Waals surface area (Å²) in [5.41, 5.74) is 5.09. The molecular weight excluding hydrogens is 344 g/mol. The molecule has 0 bridgehead atoms. The smallest absolute Gasteiger partial charge is 0.338 e. The predicted octanol–water partition coefficient (Wildman–Crippen LogP) is 1.39. The first-order valence-corrected chi connectivity index (χ1v) is 7.91. The summed E-state index contributed by atoms with van der Waals surface area (Å²) in [6.07, 6.45) is 1.79. The Kier molecular flexibility index (Phi) is 8.07. The topological polar surface area (TPSA) is 134 Å². The van der Waals surface area contributed by atoms with E-state index < -0.39 is 30.0 Å². The largest absolute Gasteiger partial charge is 0.465 e. The van der Waals surface area contributed by atoms with E-state index in [0.29, 0.717) is 12.8 Å². The monoisotopic (exact) mass is 366 g/mol. The maximum atomic E-state index is 12.3. The minimum Gasteiger partial charge on any atom is -0.465 e. The van der Waals surface area contributed by atoms with Crippen LogP contribution in [0.25, 0.3) is 0 Å². The number of amides is 2. The first-order chi connectivity index (χ1) is 12.3. The molecule has 26 heavy (non-hydrogen) atoms. The van der Waals surface area contributed by atoms with Gasteiger partial charge in [0.2, 0.25) is 0 Å². The third kappa shape index (κ3) is 6.08. The molecule has 3 N–H and O–H groups in total. The minimum atomic E-state index is -0.948. The van der Waals surface area contributed by atoms with Crippen molar-refractivity contribution >= 4 is 23.9 Å². The Labute approximate surface area is 150 Å². The average Bonchev–Trinajstić information content (AvgIpc) is 2.62. The van der Waals surface area contributed by atoms with E-state index in [1.54, 1.807) is 0 Å². The summed E-state index contributed by atoms with van der Waals surface area (Å²) < 4.78 is 14.4. The van der Waals surface area contributed by atoms with Crippen molar-refractivity contribution in [1.82, 2.24) is 5.32 Å². The molecule has 0 heterocycles. The first-order valence-electron chi connectivity index (χ1n) is 7.91. The fraction of sp³-hybridized carbons (Fsp3) is 0.412. The van der Waals surface area contributed by atoms with E-state index in [9.17, 15) is 19.2 Å². The molecule has 1 aromatic rings. The van der Waals surface area contributed by atoms with Crippen molar-refractivity contribution in [3.05, 3.63) is 29.3 Å². The van der Waals surface area contributed by atoms with Gasteiger partial charge in [0.05, 0.1) is 25.3 Å². The van der Waals surface area contributed by atoms with Gasteiger partial charge in [-0.05, 0) is 24.6 Å². The van der Waals surface area contributed by atoms with Gasteiger partial charge in [0.1, 0.15) is 11.8 Å². The Morgan fingerprint density at radius 2 is 1.58 bits per heavy atom. The fourth-order valence-corrected chi connectivity index (χ4v) is 2.15. The summed E-state index contributed by atoms with van der Waals surface area (Å²) >= 11 is 0. The number of esters is 3. The summed E-state index contributed by atoms with van der Waals surface area (Å²) in [6.45, 7) is 1.93. The Balaban J connectivity index is 3.11. The van der Waals surface area contributed by atoms with Gasteiger partial charge >= 0.3 is 23.9 Å². The van der Waals surface area contributed by atoms with E-state index in [0.717, 1.165) is 6.42 Å². The average molecular weight is 366 g/mol. The number of unbranched alkanes of at least 4 members (excludes halogenated alkanes) is 1. The number of hydrogen-bond donors (Lipinski definition) is 2. The van der Waals surface area contributed by atoms with Crippen LogP contribution >= 0.6 is 0 Å². The minimum absolute atomic E-state index is 0.00571. The highest BCUT2D eigenvalue weighted by Crippen LogP contribution is 2.20. The van der Waals surface area contributed by atoms with Gasteiger partial charge in [-0.25, -0.2) is 19.2 Å². The second kappa shape index (κ2) is 10.0. The molecule has 9 nitrogen and oxygen atoms in total. The van der Waals surface area contributed by atoms with Crippen LogP contribution in [-0.2, 0) is 14.3 Å². The second-order valence-electron chi connectivity index (χ2n) is 5.35. The molecule has 0 fully saturated rings. The molecule has 9 heteroatoms. The molecule has 1 aromatic carbocycles. The molecule has 0 saturated carbocycles. The lowest BCUT2D eigenvalue weighted by Gasteiger charge is -2.16. The summed E-state index contributed by atoms with van der Waals surface area (Å²) in [7, 11) is 2.35. The normalized spacial score (nSPS) is 11.2. The van der Waals surface area contributed by atoms with Crippen molar-refractivity contribution in [3.63, 3.8) is 0 Å². The van der Waals surface area contributed by atoms with Crippen LogP contribution in [0.3, 0.4) is 0 Å². The van der Waals surface area contributed by atoms with E-state index in [4.69, 9.17) is 10.5 Å². The van der Waals surface area contributed by atoms with Gasteiger partial charge in [0.25, 0.3) is 0 Å². The molecule has 0 radical (unpaired) electrons. The van der Waals surface area contributed by atoms with Crippen LogP contribution in [0.15, 0.2) is 18.2 Å². The Morgan fingerprint density at radius 1 is 1.04 bits per heavy atom. The lowest BCUT2D eigenvalue weighted by atomic mass is 10.1. The summed E-state index contributed by atoms with van der Waals surface area (Å²) in [6, 6.07) is 1.94. The van der Waals surface area contributed by atoms with Gasteiger partial charge in [0, 0.05) is 0 Å². The Bertz CT molecular complexity index is 653. The number of ether oxygens (including phenoxy) is 3. The van der Waals surface area contributed by atoms with E-state index in [-0.39, 0.29) is 16.9 Å². The number of carbonyl (C=O) groups is 4. The summed E-state index contributed by atoms with van der Waals surface area (Å²) in [5, 5.41) is 2.31. The second-order valence-corrected chi connectivity index (χ2v) is 5.35. The molecule has 1 atom stereocenters. The molecule has 0 aliphatic heterocycles. The molecule has 1 unspecified atom stereocenters. The maximum Gasteiger partial charge on any atom is 0.338 e. The third-order valence-corrected chi connectivity index (χ3v) is 3.41. The van der Waals surface area contributed by atoms with Crippen molar-refractivity contribution in [2.45, 2.75) is 32.2 Å². The number of carbonyl (C=O) groups excluding carboxylic acids is 4. The van der Waals surface area contributed by atoms with Crippen molar-refractivity contribution in [2.24, 2.45) is 5.73 Å². The van der Waals surface area contributed by atoms with Crippen LogP contribution in [0, 0.1) is 0 Å². The number of methoxy groups -OCH3 is 2. The molecule has 142 valence electrons. The number of benzene rings is 1. The number of primary amides is 1. The van der Waals surface area contributed by atoms with Crippen molar-refractivity contribution in [2.75, 3.05) is 14.2 Å². The summed E-state index contributed by atoms with van der Waals surface area (Å²) in [4.78, 5) is 46.9. The Hall–Kier alpha value is -3.10. The van der Waals surface area contributed by atoms with E-state index in [1.807, 2.05) is 6.92 Å². The van der Waals surface area contributed by atoms with Crippen LogP contribution in [0.2, 0.25) is 0 Å². The highest BCUT2D eigenvalue weighted by molar-refractivity contribution is 5.96. The number of nitrogens with one attached hydrogen (secondary N) is 1. The lowest BCUT2D eigenvalue weighted by molar-refractivity contribution is -0.136. The highest BCUT2D eigenvalue weighted by atomic mass is 16.5. The van der Waals surface area contributed by atoms with E-state index in [1.165, 1.54) is 32.4 Å². The lowest BCUT2D eigenvalue weighted by Crippen LogP contribution is -2.45. The number of nitrogens with two attached hydrogens (primary N) is 1. The quantitative estimate of drug-likeness (QED) is 0.524. The van der Waals surface area contributed by atoms with Gasteiger partial charge in [-0.15, -0.1) is 0 Å². The standard InChI is InChI=1S/C17H22N2O7/c1-4-5-6-13(19-17(18)23)16(22)26-12-8-10(14(20)24-2)7-11(9-12)15(21)25-3/h7-9,13H,4-6H2,1-3H3,(H3,18,19,23). The molecule has 0 aromatic heterocycles. The molecule has 1 rings (SSSR count). The third-order valence-electron chi connectivity index (χ3n) is 3.41. The SMILES string of the molecule is CCCCC(NC(N)=O)C(=O)Oc1cc(C(=O)OC)cc(C(=O)OC)c1. The zero-order valence-corrected chi connectivity index (χ0v) is 14.9. The predicted molar refractivity (Wildman–Crippen MR) is 90.8 cm³/mol. The van der Waals surface area contributed by atoms with Gasteiger partial charge in [-0.2, -0.15) is 0 Å². The number of urea groups is 1. The fourth-order valence-electron chi connectivity index (χ4n) is 2.15. The number of rotatable bonds is 8. The van der Waals surface area contributed by atoms with Crippen LogP contribution in [-0.4, -0.2) is 44.2 Å². The van der Waals surface area contributed by atoms with Gasteiger partial charge in [-0.1, -0.05) is 19.8 Å². The van der Waals surface area contributed by atoms with Crippen molar-refractivity contribution < 1.29 is 33.4 Å². The van der Waals surface area contributed by atoms with E-state index in [2.05, 4.69) is 14.8 Å². The highest BCUT2D eigenvalue weighted by Gasteiger charge is 2.23. The molecule has 2 amide bonds. The van der Waals surface area contributed by atoms with Crippen molar-refractivity contribution in [1.29, 1.82) is 0 Å². The first kappa shape index (κ1) is 20.9. The molecule has 0 spiro atoms. The molecular formula is C17H22N2O7. The van der Waals surface area contributed by atoms with Gasteiger partial charge in [0.15, 0.2) is 0 Å². The maximum absolute atomic E-state index is 12.3. The van der Waals surface area contributed by atoms with Gasteiger partial charge < -0.3 is 25.3 Å². The zero-order valence-electron chi connectivity index (χ0n) is 14.9. The molecule has 0 aliphatic rings. The van der Waals surface area contributed by atoms with Crippen LogP contribution < -0.4 is 15.8 Å². The zero-order chi connectivity index (χ0) is 19.7. The molecule has 0 aliphatic carbocycles. The molecule has 0 saturated heterocycles. The van der Waals surface area contributed by atoms with Crippen LogP contribution in [0.5, 0.6) is 5.75 Å². The van der Waals surface area contributed by atoms with Crippen LogP contribution in [0.4, 0.5) is 4.79 Å². The van der Waals surface area contributed by atoms with Crippen molar-refractivity contribution in [3.8, 4) is 5.75 Å². The van der Waals surface area contributed by atoms with Crippen LogP contribution in [0.1, 0.15) is 46.9 Å².